The van der Waals surface area contributed by atoms with Gasteiger partial charge in [-0.05, 0) is 140 Å². The Morgan fingerprint density at radius 1 is 0.793 bits per heavy atom. The van der Waals surface area contributed by atoms with Gasteiger partial charge in [-0.15, -0.1) is 11.8 Å². The summed E-state index contributed by atoms with van der Waals surface area (Å²) in [5.74, 6) is -1.01. The number of carbonyl (C=O) groups excluding carboxylic acids is 3. The number of nitrogens with zero attached hydrogens (tertiary/aromatic N) is 5. The van der Waals surface area contributed by atoms with Gasteiger partial charge in [-0.2, -0.15) is 13.2 Å². The fraction of sp³-hybridized carbons (Fsp3) is 0.417. The highest BCUT2D eigenvalue weighted by atomic mass is 35.5. The average Bonchev–Trinajstić information content (AvgIpc) is 3.25. The summed E-state index contributed by atoms with van der Waals surface area (Å²) in [4.78, 5) is 47.7. The number of amides is 4. The molecule has 1 aliphatic carbocycles. The minimum atomic E-state index is -6.13. The molecule has 5 aromatic rings. The second-order valence-corrected chi connectivity index (χ2v) is 27.9. The van der Waals surface area contributed by atoms with E-state index in [1.54, 1.807) is 17.0 Å². The molecule has 2 unspecified atom stereocenters. The van der Waals surface area contributed by atoms with Gasteiger partial charge in [0.15, 0.2) is 0 Å². The lowest BCUT2D eigenvalue weighted by Gasteiger charge is -2.41. The normalized spacial score (nSPS) is 20.7. The van der Waals surface area contributed by atoms with Crippen molar-refractivity contribution in [2.45, 2.75) is 104 Å². The van der Waals surface area contributed by atoms with Gasteiger partial charge in [0, 0.05) is 123 Å². The number of urea groups is 1. The lowest BCUT2D eigenvalue weighted by atomic mass is 9.73. The second-order valence-electron chi connectivity index (χ2n) is 22.8. The quantitative estimate of drug-likeness (QED) is 0.0668. The molecule has 4 saturated heterocycles. The van der Waals surface area contributed by atoms with Crippen molar-refractivity contribution in [2.24, 2.45) is 5.41 Å². The van der Waals surface area contributed by atoms with Crippen molar-refractivity contribution in [3.63, 3.8) is 0 Å². The van der Waals surface area contributed by atoms with Crippen LogP contribution in [0.4, 0.5) is 35.0 Å². The largest absolute Gasteiger partial charge is 0.501 e. The number of fused-ring (bicyclic) bond motifs is 2. The number of allylic oxidation sites excluding steroid dienone is 1. The Morgan fingerprint density at radius 2 is 1.50 bits per heavy atom. The minimum Gasteiger partial charge on any atom is -0.380 e. The molecule has 10 rings (SSSR count). The Balaban J connectivity index is 0.789. The maximum atomic E-state index is 14.5. The van der Waals surface area contributed by atoms with Gasteiger partial charge >= 0.3 is 11.5 Å². The number of anilines is 3. The number of likely N-dealkylation sites (tertiary alicyclic amines) is 1. The van der Waals surface area contributed by atoms with Gasteiger partial charge in [0.2, 0.25) is 5.91 Å². The summed E-state index contributed by atoms with van der Waals surface area (Å²) >= 11 is 7.66. The van der Waals surface area contributed by atoms with Crippen molar-refractivity contribution in [1.82, 2.24) is 24.7 Å². The minimum absolute atomic E-state index is 0.0164. The standard InChI is InChI=1S/C60H68ClF3N8O7S3/c1-59(2)26-23-53(42-11-15-45(61)16-12-42)44(35-59)37-68-29-31-70(32-30-68)47-17-13-43(14-18-47)57(74)67-82(78,79)52-21-22-54(55(34-52)81(76,77)60(62,63)64)65-46(40-80-51-9-4-3-5-10-51)24-27-69-38-49-19-20-50(39-69)72(49)36-41-7-6-8-48(33-41)71-28-25-56(73)66-58(71)75/h3-18,21-22,33-34,46,49-50,65H,19-20,23-32,35-40H2,1-2H3,(H,67,74)(H,66,73,75)/t46-,49?,50?/m1/s1. The maximum Gasteiger partial charge on any atom is 0.501 e. The first-order valence-electron chi connectivity index (χ1n) is 27.8. The number of nitrogens with one attached hydrogen (secondary N) is 3. The first-order chi connectivity index (χ1) is 39.1. The maximum absolute atomic E-state index is 14.5. The number of hydrogen-bond acceptors (Lipinski definition) is 13. The number of alkyl halides is 3. The van der Waals surface area contributed by atoms with Crippen LogP contribution < -0.4 is 25.2 Å². The molecule has 0 aromatic heterocycles. The predicted octanol–water partition coefficient (Wildman–Crippen LogP) is 10.3. The molecule has 436 valence electrons. The highest BCUT2D eigenvalue weighted by Crippen LogP contribution is 2.43. The van der Waals surface area contributed by atoms with E-state index in [1.807, 2.05) is 71.5 Å². The van der Waals surface area contributed by atoms with Gasteiger partial charge in [0.25, 0.3) is 25.8 Å². The highest BCUT2D eigenvalue weighted by molar-refractivity contribution is 7.99. The Morgan fingerprint density at radius 3 is 2.18 bits per heavy atom. The molecule has 82 heavy (non-hydrogen) atoms. The van der Waals surface area contributed by atoms with Crippen LogP contribution in [0.2, 0.25) is 5.02 Å². The van der Waals surface area contributed by atoms with Gasteiger partial charge in [-0.1, -0.05) is 73.5 Å². The molecule has 0 radical (unpaired) electrons. The van der Waals surface area contributed by atoms with Crippen molar-refractivity contribution >= 4 is 83.7 Å². The van der Waals surface area contributed by atoms with Crippen molar-refractivity contribution < 1.29 is 44.4 Å². The third kappa shape index (κ3) is 14.0. The van der Waals surface area contributed by atoms with E-state index in [2.05, 4.69) is 56.2 Å². The lowest BCUT2D eigenvalue weighted by molar-refractivity contribution is -0.120. The molecular formula is C60H68ClF3N8O7S3. The van der Waals surface area contributed by atoms with Crippen LogP contribution in [0.5, 0.6) is 0 Å². The smallest absolute Gasteiger partial charge is 0.380 e. The fourth-order valence-corrected chi connectivity index (χ4v) is 15.2. The van der Waals surface area contributed by atoms with E-state index in [4.69, 9.17) is 11.6 Å². The van der Waals surface area contributed by atoms with Crippen LogP contribution in [0, 0.1) is 5.41 Å². The number of benzene rings is 5. The Bertz CT molecular complexity index is 3410. The third-order valence-electron chi connectivity index (χ3n) is 16.4. The van der Waals surface area contributed by atoms with Gasteiger partial charge in [-0.3, -0.25) is 29.6 Å². The zero-order valence-electron chi connectivity index (χ0n) is 45.8. The van der Waals surface area contributed by atoms with E-state index < -0.39 is 58.8 Å². The zero-order chi connectivity index (χ0) is 58.0. The number of imide groups is 1. The molecule has 3 N–H and O–H groups in total. The number of hydrogen-bond donors (Lipinski definition) is 3. The first kappa shape index (κ1) is 59.2. The molecule has 22 heteroatoms. The lowest BCUT2D eigenvalue weighted by Crippen LogP contribution is -2.53. The van der Waals surface area contributed by atoms with Gasteiger partial charge in [0.05, 0.1) is 10.6 Å². The molecule has 0 spiro atoms. The van der Waals surface area contributed by atoms with Gasteiger partial charge in [-0.25, -0.2) is 26.4 Å². The van der Waals surface area contributed by atoms with Crippen LogP contribution in [0.15, 0.2) is 142 Å². The molecule has 4 aliphatic heterocycles. The summed E-state index contributed by atoms with van der Waals surface area (Å²) in [7, 11) is -11.0. The van der Waals surface area contributed by atoms with Crippen molar-refractivity contribution in [1.29, 1.82) is 0 Å². The molecule has 4 fully saturated rings. The topological polar surface area (TPSA) is 172 Å². The summed E-state index contributed by atoms with van der Waals surface area (Å²) in [6, 6.07) is 33.5. The summed E-state index contributed by atoms with van der Waals surface area (Å²) < 4.78 is 100. The molecule has 5 aliphatic rings. The van der Waals surface area contributed by atoms with E-state index in [0.717, 1.165) is 106 Å². The zero-order valence-corrected chi connectivity index (χ0v) is 49.0. The van der Waals surface area contributed by atoms with Crippen LogP contribution in [-0.2, 0) is 31.2 Å². The predicted molar refractivity (Wildman–Crippen MR) is 315 cm³/mol. The van der Waals surface area contributed by atoms with E-state index in [1.165, 1.54) is 40.6 Å². The van der Waals surface area contributed by atoms with Crippen LogP contribution in [0.25, 0.3) is 5.57 Å². The molecule has 0 saturated carbocycles. The Kier molecular flexibility index (Phi) is 17.9. The number of sulfonamides is 1. The molecule has 5 aromatic carbocycles. The molecule has 15 nitrogen and oxygen atoms in total. The SMILES string of the molecule is CC1(C)CCC(c2ccc(Cl)cc2)=C(CN2CCN(c3ccc(C(=O)NS(=O)(=O)c4ccc(N[C@H](CCN5CC6CCC(C5)N6Cc5cccc(N6CCC(=O)NC6=O)c5)CSc5ccccc5)c(S(=O)(=O)C(F)(F)F)c4)cc3)CC2)C1. The number of sulfone groups is 1. The van der Waals surface area contributed by atoms with Gasteiger partial charge < -0.3 is 15.1 Å². The van der Waals surface area contributed by atoms with E-state index in [9.17, 15) is 44.4 Å². The van der Waals surface area contributed by atoms with Crippen LogP contribution in [0.3, 0.4) is 0 Å². The van der Waals surface area contributed by atoms with Crippen molar-refractivity contribution in [3.8, 4) is 0 Å². The van der Waals surface area contributed by atoms with E-state index in [-0.39, 0.29) is 35.4 Å². The third-order valence-corrected chi connectivity index (χ3v) is 20.7. The van der Waals surface area contributed by atoms with Crippen LogP contribution in [-0.4, -0.2) is 138 Å². The summed E-state index contributed by atoms with van der Waals surface area (Å²) in [6.07, 6.45) is 5.68. The Hall–Kier alpha value is -5.94. The first-order valence-corrected chi connectivity index (χ1v) is 32.1. The highest BCUT2D eigenvalue weighted by Gasteiger charge is 2.49. The number of carbonyl (C=O) groups is 3. The summed E-state index contributed by atoms with van der Waals surface area (Å²) in [5, 5.41) is 6.16. The van der Waals surface area contributed by atoms with Crippen molar-refractivity contribution in [2.75, 3.05) is 79.8 Å². The molecule has 4 amide bonds. The summed E-state index contributed by atoms with van der Waals surface area (Å²) in [6.45, 7) is 11.5. The molecule has 3 atom stereocenters. The number of piperazine rings is 2. The molecule has 2 bridgehead atoms. The van der Waals surface area contributed by atoms with Crippen LogP contribution in [0.1, 0.15) is 80.3 Å². The fourth-order valence-electron chi connectivity index (χ4n) is 12.0. The van der Waals surface area contributed by atoms with Crippen LogP contribution >= 0.6 is 23.4 Å². The molecule has 4 heterocycles. The van der Waals surface area contributed by atoms with E-state index in [0.29, 0.717) is 48.6 Å². The second kappa shape index (κ2) is 24.7. The average molecular weight is 1200 g/mol. The number of rotatable bonds is 19. The summed E-state index contributed by atoms with van der Waals surface area (Å²) in [5.41, 5.74) is 0.598. The van der Waals surface area contributed by atoms with Gasteiger partial charge in [0.1, 0.15) is 4.90 Å². The van der Waals surface area contributed by atoms with E-state index >= 15 is 0 Å². The number of thioether (sulfide) groups is 1. The number of halogens is 4. The van der Waals surface area contributed by atoms with Crippen molar-refractivity contribution in [3.05, 3.63) is 149 Å². The Labute approximate surface area is 487 Å². The monoisotopic (exact) mass is 1200 g/mol. The molecular weight excluding hydrogens is 1130 g/mol.